The predicted octanol–water partition coefficient (Wildman–Crippen LogP) is 1.25. The van der Waals surface area contributed by atoms with E-state index in [0.717, 1.165) is 5.69 Å². The Morgan fingerprint density at radius 2 is 1.71 bits per heavy atom. The number of halogens is 1. The molecular weight excluding hydrogens is 479 g/mol. The number of piperazine rings is 1. The maximum absolute atomic E-state index is 13.7. The average Bonchev–Trinajstić information content (AvgIpc) is 2.90. The molecule has 0 bridgehead atoms. The molecule has 1 amide bonds. The molecule has 2 fully saturated rings. The van der Waals surface area contributed by atoms with Crippen LogP contribution in [0.1, 0.15) is 25.7 Å². The Kier molecular flexibility index (Phi) is 10.1. The van der Waals surface area contributed by atoms with E-state index in [1.807, 2.05) is 24.3 Å². The minimum absolute atomic E-state index is 0.110. The third kappa shape index (κ3) is 6.42. The first-order valence-electron chi connectivity index (χ1n) is 12.1. The van der Waals surface area contributed by atoms with Gasteiger partial charge in [-0.05, 0) is 49.9 Å². The zero-order chi connectivity index (χ0) is 25.3. The van der Waals surface area contributed by atoms with Crippen LogP contribution in [-0.2, 0) is 19.6 Å². The number of piperidine rings is 1. The van der Waals surface area contributed by atoms with Crippen molar-refractivity contribution in [1.82, 2.24) is 14.7 Å². The van der Waals surface area contributed by atoms with Crippen molar-refractivity contribution < 1.29 is 32.3 Å². The lowest BCUT2D eigenvalue weighted by Crippen LogP contribution is -2.63. The highest BCUT2D eigenvalue weighted by Gasteiger charge is 2.55. The van der Waals surface area contributed by atoms with Gasteiger partial charge in [0.2, 0.25) is 10.0 Å². The molecule has 1 aromatic carbocycles. The molecule has 10 nitrogen and oxygen atoms in total. The largest absolute Gasteiger partial charge is 0.494 e. The third-order valence-corrected chi connectivity index (χ3v) is 9.49. The van der Waals surface area contributed by atoms with E-state index in [4.69, 9.17) is 9.47 Å². The zero-order valence-electron chi connectivity index (χ0n) is 20.3. The summed E-state index contributed by atoms with van der Waals surface area (Å²) in [6.45, 7) is 3.62. The number of hydrogen-bond donors (Lipinski definition) is 2. The molecule has 2 N–H and O–H groups in total. The van der Waals surface area contributed by atoms with Crippen LogP contribution < -0.4 is 15.1 Å². The van der Waals surface area contributed by atoms with Gasteiger partial charge in [-0.25, -0.2) is 13.9 Å². The summed E-state index contributed by atoms with van der Waals surface area (Å²) < 4.78 is 49.9. The molecule has 35 heavy (non-hydrogen) atoms. The van der Waals surface area contributed by atoms with Gasteiger partial charge in [0.05, 0.1) is 19.9 Å². The van der Waals surface area contributed by atoms with Gasteiger partial charge in [0.1, 0.15) is 5.75 Å². The quantitative estimate of drug-likeness (QED) is 0.243. The molecule has 0 unspecified atom stereocenters. The van der Waals surface area contributed by atoms with Gasteiger partial charge < -0.3 is 19.3 Å². The summed E-state index contributed by atoms with van der Waals surface area (Å²) in [4.78, 5) is 16.8. The second-order valence-corrected chi connectivity index (χ2v) is 11.1. The van der Waals surface area contributed by atoms with Crippen molar-refractivity contribution >= 4 is 21.6 Å². The van der Waals surface area contributed by atoms with Gasteiger partial charge in [0.15, 0.2) is 4.75 Å². The summed E-state index contributed by atoms with van der Waals surface area (Å²) >= 11 is 0. The standard InChI is InChI=1S/C23H37FN4O6S/c1-33-19-17-26-11-8-23(9-12-26,22(29)25-30)35(31,32)28-15-13-27(14-16-28)20-4-6-21(7-5-20)34-18-3-2-10-24/h4-7,30H,2-3,8-19H2,1H3,(H,25,29). The molecule has 1 aromatic rings. The first-order chi connectivity index (χ1) is 16.9. The molecule has 198 valence electrons. The molecular formula is C23H37FN4O6S. The summed E-state index contributed by atoms with van der Waals surface area (Å²) in [5, 5.41) is 9.36. The van der Waals surface area contributed by atoms with E-state index in [2.05, 4.69) is 9.80 Å². The van der Waals surface area contributed by atoms with E-state index in [1.54, 1.807) is 12.6 Å². The number of ether oxygens (including phenoxy) is 2. The normalized spacial score (nSPS) is 19.5. The molecule has 0 radical (unpaired) electrons. The molecule has 2 aliphatic heterocycles. The van der Waals surface area contributed by atoms with E-state index in [0.29, 0.717) is 64.5 Å². The summed E-state index contributed by atoms with van der Waals surface area (Å²) in [7, 11) is -2.39. The smallest absolute Gasteiger partial charge is 0.266 e. The number of benzene rings is 1. The third-order valence-electron chi connectivity index (χ3n) is 6.86. The van der Waals surface area contributed by atoms with Gasteiger partial charge in [-0.2, -0.15) is 4.31 Å². The first kappa shape index (κ1) is 27.6. The topological polar surface area (TPSA) is 112 Å². The lowest BCUT2D eigenvalue weighted by molar-refractivity contribution is -0.133. The van der Waals surface area contributed by atoms with Crippen LogP contribution in [0.2, 0.25) is 0 Å². The van der Waals surface area contributed by atoms with Crippen LogP contribution in [0.25, 0.3) is 0 Å². The Balaban J connectivity index is 1.61. The zero-order valence-corrected chi connectivity index (χ0v) is 21.1. The van der Waals surface area contributed by atoms with Gasteiger partial charge >= 0.3 is 0 Å². The Bertz CT molecular complexity index is 901. The molecule has 2 saturated heterocycles. The maximum Gasteiger partial charge on any atom is 0.266 e. The van der Waals surface area contributed by atoms with E-state index in [9.17, 15) is 22.8 Å². The van der Waals surface area contributed by atoms with Gasteiger partial charge in [-0.3, -0.25) is 14.4 Å². The van der Waals surface area contributed by atoms with Gasteiger partial charge in [0.25, 0.3) is 5.91 Å². The Hall–Kier alpha value is -1.99. The van der Waals surface area contributed by atoms with Crippen LogP contribution in [0.3, 0.4) is 0 Å². The SMILES string of the molecule is COCCN1CCC(C(=O)NO)(S(=O)(=O)N2CCN(c3ccc(OCCCCF)cc3)CC2)CC1. The Labute approximate surface area is 207 Å². The number of hydrogen-bond acceptors (Lipinski definition) is 8. The van der Waals surface area contributed by atoms with E-state index in [1.165, 1.54) is 4.31 Å². The molecule has 3 rings (SSSR count). The highest BCUT2D eigenvalue weighted by Crippen LogP contribution is 2.34. The van der Waals surface area contributed by atoms with E-state index in [-0.39, 0.29) is 32.6 Å². The molecule has 2 aliphatic rings. The Morgan fingerprint density at radius 3 is 2.29 bits per heavy atom. The average molecular weight is 517 g/mol. The number of carbonyl (C=O) groups excluding carboxylic acids is 1. The molecule has 2 heterocycles. The fraction of sp³-hybridized carbons (Fsp3) is 0.696. The number of nitrogens with one attached hydrogen (secondary N) is 1. The van der Waals surface area contributed by atoms with Crippen molar-refractivity contribution in [2.75, 3.05) is 77.7 Å². The number of nitrogens with zero attached hydrogens (tertiary/aromatic N) is 3. The van der Waals surface area contributed by atoms with Gasteiger partial charge in [-0.1, -0.05) is 0 Å². The minimum Gasteiger partial charge on any atom is -0.494 e. The first-order valence-corrected chi connectivity index (χ1v) is 13.5. The number of unbranched alkanes of at least 4 members (excludes halogenated alkanes) is 1. The Morgan fingerprint density at radius 1 is 1.06 bits per heavy atom. The fourth-order valence-electron chi connectivity index (χ4n) is 4.64. The van der Waals surface area contributed by atoms with Gasteiger partial charge in [0, 0.05) is 58.6 Å². The van der Waals surface area contributed by atoms with E-state index < -0.39 is 20.7 Å². The maximum atomic E-state index is 13.7. The summed E-state index contributed by atoms with van der Waals surface area (Å²) in [6.07, 6.45) is 1.37. The second kappa shape index (κ2) is 12.8. The number of sulfonamides is 1. The summed E-state index contributed by atoms with van der Waals surface area (Å²) in [5.74, 6) is -0.156. The van der Waals surface area contributed by atoms with Crippen molar-refractivity contribution in [2.24, 2.45) is 0 Å². The van der Waals surface area contributed by atoms with Crippen LogP contribution in [0, 0.1) is 0 Å². The minimum atomic E-state index is -4.00. The number of methoxy groups -OCH3 is 1. The van der Waals surface area contributed by atoms with Crippen molar-refractivity contribution in [1.29, 1.82) is 0 Å². The van der Waals surface area contributed by atoms with Gasteiger partial charge in [-0.15, -0.1) is 0 Å². The lowest BCUT2D eigenvalue weighted by Gasteiger charge is -2.44. The molecule has 0 aliphatic carbocycles. The number of anilines is 1. The summed E-state index contributed by atoms with van der Waals surface area (Å²) in [5.41, 5.74) is 2.56. The lowest BCUT2D eigenvalue weighted by atomic mass is 9.95. The highest BCUT2D eigenvalue weighted by molar-refractivity contribution is 7.91. The van der Waals surface area contributed by atoms with Crippen LogP contribution in [-0.4, -0.2) is 106 Å². The highest BCUT2D eigenvalue weighted by atomic mass is 32.2. The molecule has 0 saturated carbocycles. The number of amides is 1. The monoisotopic (exact) mass is 516 g/mol. The predicted molar refractivity (Wildman–Crippen MR) is 130 cm³/mol. The van der Waals surface area contributed by atoms with E-state index >= 15 is 0 Å². The summed E-state index contributed by atoms with van der Waals surface area (Å²) in [6, 6.07) is 7.55. The van der Waals surface area contributed by atoms with Crippen LogP contribution in [0.5, 0.6) is 5.75 Å². The van der Waals surface area contributed by atoms with Crippen molar-refractivity contribution in [3.05, 3.63) is 24.3 Å². The molecule has 0 spiro atoms. The van der Waals surface area contributed by atoms with Crippen molar-refractivity contribution in [2.45, 2.75) is 30.4 Å². The van der Waals surface area contributed by atoms with Crippen LogP contribution >= 0.6 is 0 Å². The number of alkyl halides is 1. The van der Waals surface area contributed by atoms with Crippen molar-refractivity contribution in [3.63, 3.8) is 0 Å². The number of hydroxylamine groups is 1. The fourth-order valence-corrected chi connectivity index (χ4v) is 6.75. The molecule has 12 heteroatoms. The number of rotatable bonds is 12. The second-order valence-electron chi connectivity index (χ2n) is 8.90. The molecule has 0 atom stereocenters. The van der Waals surface area contributed by atoms with Crippen LogP contribution in [0.4, 0.5) is 10.1 Å². The van der Waals surface area contributed by atoms with Crippen molar-refractivity contribution in [3.8, 4) is 5.75 Å². The molecule has 0 aromatic heterocycles. The van der Waals surface area contributed by atoms with Crippen LogP contribution in [0.15, 0.2) is 24.3 Å². The number of likely N-dealkylation sites (tertiary alicyclic amines) is 1. The number of carbonyl (C=O) groups is 1.